The van der Waals surface area contributed by atoms with Crippen molar-refractivity contribution in [3.05, 3.63) is 53.6 Å². The van der Waals surface area contributed by atoms with Gasteiger partial charge >= 0.3 is 0 Å². The Labute approximate surface area is 141 Å². The number of carbonyl (C=O) groups excluding carboxylic acids is 1. The van der Waals surface area contributed by atoms with Gasteiger partial charge in [-0.3, -0.25) is 4.79 Å². The third-order valence-corrected chi connectivity index (χ3v) is 3.86. The number of amides is 1. The molecule has 0 bridgehead atoms. The zero-order valence-electron chi connectivity index (χ0n) is 13.7. The summed E-state index contributed by atoms with van der Waals surface area (Å²) < 4.78 is 16.5. The number of hydrogen-bond acceptors (Lipinski definition) is 4. The number of aryl methyl sites for hydroxylation is 1. The largest absolute Gasteiger partial charge is 0.486 e. The maximum Gasteiger partial charge on any atom is 0.257 e. The number of hydrogen-bond donors (Lipinski definition) is 1. The minimum atomic E-state index is -0.140. The highest BCUT2D eigenvalue weighted by Gasteiger charge is 2.12. The molecule has 2 aromatic rings. The number of benzene rings is 2. The number of rotatable bonds is 6. The summed E-state index contributed by atoms with van der Waals surface area (Å²) in [7, 11) is 0. The minimum Gasteiger partial charge on any atom is -0.486 e. The third-order valence-electron chi connectivity index (χ3n) is 3.86. The van der Waals surface area contributed by atoms with Crippen molar-refractivity contribution in [3.8, 4) is 17.2 Å². The topological polar surface area (TPSA) is 56.8 Å². The molecule has 0 fully saturated rings. The van der Waals surface area contributed by atoms with Crippen LogP contribution in [0.15, 0.2) is 42.5 Å². The van der Waals surface area contributed by atoms with Crippen LogP contribution >= 0.6 is 0 Å². The second kappa shape index (κ2) is 7.73. The lowest BCUT2D eigenvalue weighted by atomic mass is 10.1. The zero-order chi connectivity index (χ0) is 16.8. The molecule has 2 aromatic carbocycles. The van der Waals surface area contributed by atoms with Crippen LogP contribution in [0.2, 0.25) is 0 Å². The van der Waals surface area contributed by atoms with Gasteiger partial charge in [-0.25, -0.2) is 0 Å². The fourth-order valence-electron chi connectivity index (χ4n) is 2.54. The van der Waals surface area contributed by atoms with Crippen LogP contribution in [-0.4, -0.2) is 32.3 Å². The van der Waals surface area contributed by atoms with E-state index in [1.807, 2.05) is 12.1 Å². The van der Waals surface area contributed by atoms with Crippen molar-refractivity contribution in [2.24, 2.45) is 0 Å². The second-order valence-corrected chi connectivity index (χ2v) is 5.62. The van der Waals surface area contributed by atoms with Gasteiger partial charge in [0.25, 0.3) is 5.91 Å². The molecule has 0 spiro atoms. The van der Waals surface area contributed by atoms with Gasteiger partial charge in [0.15, 0.2) is 18.1 Å². The normalized spacial score (nSPS) is 12.5. The van der Waals surface area contributed by atoms with E-state index in [-0.39, 0.29) is 12.5 Å². The Morgan fingerprint density at radius 2 is 1.92 bits per heavy atom. The molecule has 0 saturated carbocycles. The van der Waals surface area contributed by atoms with Gasteiger partial charge in [0.2, 0.25) is 0 Å². The highest BCUT2D eigenvalue weighted by atomic mass is 16.6. The Bertz CT molecular complexity index is 714. The lowest BCUT2D eigenvalue weighted by molar-refractivity contribution is -0.123. The van der Waals surface area contributed by atoms with Gasteiger partial charge in [0, 0.05) is 12.6 Å². The van der Waals surface area contributed by atoms with Crippen LogP contribution in [0.5, 0.6) is 17.2 Å². The van der Waals surface area contributed by atoms with E-state index in [4.69, 9.17) is 14.2 Å². The summed E-state index contributed by atoms with van der Waals surface area (Å²) in [6.07, 6.45) is 0.808. The Morgan fingerprint density at radius 1 is 1.12 bits per heavy atom. The molecule has 5 heteroatoms. The highest BCUT2D eigenvalue weighted by Crippen LogP contribution is 2.33. The van der Waals surface area contributed by atoms with E-state index < -0.39 is 0 Å². The van der Waals surface area contributed by atoms with Gasteiger partial charge < -0.3 is 19.5 Å². The van der Waals surface area contributed by atoms with Crippen molar-refractivity contribution >= 4 is 5.91 Å². The molecule has 3 rings (SSSR count). The van der Waals surface area contributed by atoms with Crippen LogP contribution in [0.3, 0.4) is 0 Å². The molecule has 1 aliphatic heterocycles. The summed E-state index contributed by atoms with van der Waals surface area (Å²) in [4.78, 5) is 11.9. The molecule has 126 valence electrons. The molecule has 0 aliphatic carbocycles. The van der Waals surface area contributed by atoms with Crippen molar-refractivity contribution in [2.75, 3.05) is 26.4 Å². The summed E-state index contributed by atoms with van der Waals surface area (Å²) >= 11 is 0. The third kappa shape index (κ3) is 4.19. The first kappa shape index (κ1) is 16.2. The van der Waals surface area contributed by atoms with Gasteiger partial charge in [0.05, 0.1) is 0 Å². The fraction of sp³-hybridized carbons (Fsp3) is 0.316. The molecule has 0 unspecified atom stereocenters. The molecule has 0 aromatic heterocycles. The molecule has 1 heterocycles. The van der Waals surface area contributed by atoms with Crippen LogP contribution in [0.1, 0.15) is 11.1 Å². The Kier molecular flexibility index (Phi) is 5.21. The predicted molar refractivity (Wildman–Crippen MR) is 90.8 cm³/mol. The van der Waals surface area contributed by atoms with E-state index in [1.54, 1.807) is 18.2 Å². The molecule has 1 aliphatic rings. The minimum absolute atomic E-state index is 0.0204. The van der Waals surface area contributed by atoms with Crippen LogP contribution < -0.4 is 19.5 Å². The van der Waals surface area contributed by atoms with Crippen LogP contribution in [0.25, 0.3) is 0 Å². The first-order valence-electron chi connectivity index (χ1n) is 8.06. The van der Waals surface area contributed by atoms with E-state index in [2.05, 4.69) is 24.4 Å². The van der Waals surface area contributed by atoms with Crippen molar-refractivity contribution in [1.82, 2.24) is 5.32 Å². The summed E-state index contributed by atoms with van der Waals surface area (Å²) in [6.45, 7) is 3.72. The van der Waals surface area contributed by atoms with E-state index in [0.717, 1.165) is 6.42 Å². The Morgan fingerprint density at radius 3 is 2.75 bits per heavy atom. The number of ether oxygens (including phenoxy) is 3. The maximum atomic E-state index is 11.9. The van der Waals surface area contributed by atoms with Crippen LogP contribution in [0, 0.1) is 6.92 Å². The molecule has 24 heavy (non-hydrogen) atoms. The molecule has 1 N–H and O–H groups in total. The molecule has 0 saturated heterocycles. The van der Waals surface area contributed by atoms with Crippen molar-refractivity contribution < 1.29 is 19.0 Å². The van der Waals surface area contributed by atoms with Crippen molar-refractivity contribution in [1.29, 1.82) is 0 Å². The van der Waals surface area contributed by atoms with Crippen LogP contribution in [-0.2, 0) is 11.2 Å². The number of fused-ring (bicyclic) bond motifs is 1. The van der Waals surface area contributed by atoms with Gasteiger partial charge in [-0.1, -0.05) is 24.3 Å². The Balaban J connectivity index is 1.43. The first-order chi connectivity index (χ1) is 11.7. The molecular formula is C19H21NO4. The van der Waals surface area contributed by atoms with E-state index in [0.29, 0.717) is 37.0 Å². The van der Waals surface area contributed by atoms with Crippen molar-refractivity contribution in [2.45, 2.75) is 13.3 Å². The van der Waals surface area contributed by atoms with E-state index in [9.17, 15) is 4.79 Å². The van der Waals surface area contributed by atoms with Gasteiger partial charge in [-0.05, 0) is 36.6 Å². The monoisotopic (exact) mass is 327 g/mol. The van der Waals surface area contributed by atoms with Gasteiger partial charge in [-0.2, -0.15) is 0 Å². The van der Waals surface area contributed by atoms with E-state index >= 15 is 0 Å². The maximum absolute atomic E-state index is 11.9. The SMILES string of the molecule is Cc1ccccc1CCNC(=O)COc1ccc2c(c1)OCCO2. The van der Waals surface area contributed by atoms with E-state index in [1.165, 1.54) is 11.1 Å². The lowest BCUT2D eigenvalue weighted by Crippen LogP contribution is -2.30. The summed E-state index contributed by atoms with van der Waals surface area (Å²) in [5.74, 6) is 1.81. The predicted octanol–water partition coefficient (Wildman–Crippen LogP) is 2.50. The molecule has 0 atom stereocenters. The second-order valence-electron chi connectivity index (χ2n) is 5.62. The quantitative estimate of drug-likeness (QED) is 0.886. The average molecular weight is 327 g/mol. The number of nitrogens with one attached hydrogen (secondary N) is 1. The highest BCUT2D eigenvalue weighted by molar-refractivity contribution is 5.77. The fourth-order valence-corrected chi connectivity index (χ4v) is 2.54. The van der Waals surface area contributed by atoms with Gasteiger partial charge in [-0.15, -0.1) is 0 Å². The average Bonchev–Trinajstić information content (AvgIpc) is 2.61. The first-order valence-corrected chi connectivity index (χ1v) is 8.06. The summed E-state index contributed by atoms with van der Waals surface area (Å²) in [5.41, 5.74) is 2.48. The van der Waals surface area contributed by atoms with Gasteiger partial charge in [0.1, 0.15) is 19.0 Å². The summed E-state index contributed by atoms with van der Waals surface area (Å²) in [6, 6.07) is 13.5. The molecule has 0 radical (unpaired) electrons. The number of carbonyl (C=O) groups is 1. The standard InChI is InChI=1S/C19H21NO4/c1-14-4-2-3-5-15(14)8-9-20-19(21)13-24-16-6-7-17-18(12-16)23-11-10-22-17/h2-7,12H,8-11,13H2,1H3,(H,20,21). The molecule has 5 nitrogen and oxygen atoms in total. The van der Waals surface area contributed by atoms with Crippen molar-refractivity contribution in [3.63, 3.8) is 0 Å². The molecule has 1 amide bonds. The molecular weight excluding hydrogens is 306 g/mol. The summed E-state index contributed by atoms with van der Waals surface area (Å²) in [5, 5.41) is 2.87. The lowest BCUT2D eigenvalue weighted by Gasteiger charge is -2.18. The Hall–Kier alpha value is -2.69. The smallest absolute Gasteiger partial charge is 0.257 e. The zero-order valence-corrected chi connectivity index (χ0v) is 13.7. The van der Waals surface area contributed by atoms with Crippen LogP contribution in [0.4, 0.5) is 0 Å².